The maximum absolute atomic E-state index is 8.14. The lowest BCUT2D eigenvalue weighted by atomic mass is 10.3. The Morgan fingerprint density at radius 3 is 2.67 bits per heavy atom. The highest BCUT2D eigenvalue weighted by Gasteiger charge is 1.78. The van der Waals surface area contributed by atoms with E-state index in [1.54, 1.807) is 0 Å². The Morgan fingerprint density at radius 2 is 2.11 bits per heavy atom. The predicted octanol–water partition coefficient (Wildman–Crippen LogP) is 2.63. The van der Waals surface area contributed by atoms with Crippen molar-refractivity contribution in [3.8, 4) is 0 Å². The zero-order valence-corrected chi connectivity index (χ0v) is 4.34. The molecule has 0 unspecified atom stereocenters. The summed E-state index contributed by atoms with van der Waals surface area (Å²) in [7, 11) is 0. The second-order valence-electron chi connectivity index (χ2n) is 1.16. The third kappa shape index (κ3) is 1.48. The molecule has 0 saturated heterocycles. The first-order valence-electron chi connectivity index (χ1n) is 4.62. The molecule has 44 valence electrons. The number of benzene rings is 1. The van der Waals surface area contributed by atoms with Crippen molar-refractivity contribution in [2.45, 2.75) is 0 Å². The molecule has 0 bridgehead atoms. The summed E-state index contributed by atoms with van der Waals surface area (Å²) in [6.45, 7) is 0. The van der Waals surface area contributed by atoms with Crippen molar-refractivity contribution in [3.63, 3.8) is 0 Å². The molecular formula is C6H5N3. The normalized spacial score (nSPS) is 15.8. The van der Waals surface area contributed by atoms with Crippen LogP contribution in [0.3, 0.4) is 0 Å². The van der Waals surface area contributed by atoms with Gasteiger partial charge in [0, 0.05) is 10.6 Å². The fraction of sp³-hybridized carbons (Fsp3) is 0. The Bertz CT molecular complexity index is 409. The molecule has 0 aromatic heterocycles. The van der Waals surface area contributed by atoms with Crippen molar-refractivity contribution < 1.29 is 6.85 Å². The van der Waals surface area contributed by atoms with Crippen LogP contribution in [0.5, 0.6) is 0 Å². The van der Waals surface area contributed by atoms with Crippen LogP contribution in [0.1, 0.15) is 6.85 Å². The molecule has 0 saturated carbocycles. The summed E-state index contributed by atoms with van der Waals surface area (Å²) in [5, 5.41) is 3.05. The van der Waals surface area contributed by atoms with E-state index in [0.29, 0.717) is 0 Å². The molecule has 0 aliphatic heterocycles. The quantitative estimate of drug-likeness (QED) is 0.314. The average molecular weight is 124 g/mol. The van der Waals surface area contributed by atoms with Gasteiger partial charge in [0.05, 0.1) is 6.85 Å². The largest absolute Gasteiger partial charge is 0.0627 e. The summed E-state index contributed by atoms with van der Waals surface area (Å²) >= 11 is 0. The molecule has 3 nitrogen and oxygen atoms in total. The van der Waals surface area contributed by atoms with Crippen LogP contribution < -0.4 is 0 Å². The van der Waals surface area contributed by atoms with E-state index in [1.165, 1.54) is 0 Å². The number of azide groups is 1. The van der Waals surface area contributed by atoms with E-state index in [0.717, 1.165) is 0 Å². The predicted molar refractivity (Wildman–Crippen MR) is 35.2 cm³/mol. The molecule has 1 rings (SSSR count). The molecule has 0 aliphatic rings. The molecule has 9 heavy (non-hydrogen) atoms. The van der Waals surface area contributed by atoms with Crippen molar-refractivity contribution in [2.24, 2.45) is 5.11 Å². The monoisotopic (exact) mass is 124 g/mol. The van der Waals surface area contributed by atoms with Crippen molar-refractivity contribution in [2.75, 3.05) is 0 Å². The molecule has 1 aromatic carbocycles. The molecule has 1 aromatic rings. The SMILES string of the molecule is [2H]c1c([2H])c([2H])c(N=[N+]=[N-])c([2H])c1[2H]. The zero-order valence-electron chi connectivity index (χ0n) is 9.34. The van der Waals surface area contributed by atoms with E-state index in [-0.39, 0.29) is 5.69 Å². The van der Waals surface area contributed by atoms with E-state index in [4.69, 9.17) is 12.4 Å². The first kappa shape index (κ1) is 2.05. The molecule has 0 aliphatic carbocycles. The summed E-state index contributed by atoms with van der Waals surface area (Å²) < 4.78 is 36.3. The maximum atomic E-state index is 8.14. The highest BCUT2D eigenvalue weighted by molar-refractivity contribution is 5.35. The van der Waals surface area contributed by atoms with E-state index in [1.807, 2.05) is 0 Å². The van der Waals surface area contributed by atoms with Crippen LogP contribution in [0.25, 0.3) is 10.4 Å². The van der Waals surface area contributed by atoms with Crippen LogP contribution in [0, 0.1) is 0 Å². The number of rotatable bonds is 1. The van der Waals surface area contributed by atoms with Crippen molar-refractivity contribution in [1.82, 2.24) is 0 Å². The number of nitrogens with zero attached hydrogens (tertiary/aromatic N) is 3. The molecule has 0 amide bonds. The van der Waals surface area contributed by atoms with E-state index < -0.39 is 30.2 Å². The molecule has 0 N–H and O–H groups in total. The second kappa shape index (κ2) is 2.74. The first-order chi connectivity index (χ1) is 6.50. The first-order valence-corrected chi connectivity index (χ1v) is 2.12. The smallest absolute Gasteiger partial charge is 0.0622 e. The molecule has 0 heterocycles. The minimum absolute atomic E-state index is 0.376. The van der Waals surface area contributed by atoms with Crippen molar-refractivity contribution >= 4 is 5.69 Å². The van der Waals surface area contributed by atoms with Crippen molar-refractivity contribution in [1.29, 1.82) is 0 Å². The Hall–Kier alpha value is -1.47. The number of hydrogen-bond donors (Lipinski definition) is 0. The van der Waals surface area contributed by atoms with Gasteiger partial charge in [-0.25, -0.2) is 0 Å². The lowest BCUT2D eigenvalue weighted by Gasteiger charge is -1.83. The highest BCUT2D eigenvalue weighted by Crippen LogP contribution is 2.08. The van der Waals surface area contributed by atoms with Gasteiger partial charge in [-0.2, -0.15) is 0 Å². The minimum atomic E-state index is -0.506. The number of hydrogen-bond acceptors (Lipinski definition) is 1. The molecule has 0 atom stereocenters. The van der Waals surface area contributed by atoms with Crippen LogP contribution in [0.4, 0.5) is 5.69 Å². The second-order valence-corrected chi connectivity index (χ2v) is 1.16. The molecule has 3 heteroatoms. The average Bonchev–Trinajstić information content (AvgIpc) is 2.19. The van der Waals surface area contributed by atoms with Gasteiger partial charge >= 0.3 is 0 Å². The van der Waals surface area contributed by atoms with Crippen LogP contribution >= 0.6 is 0 Å². The Balaban J connectivity index is 3.67. The summed E-state index contributed by atoms with van der Waals surface area (Å²) in [6, 6.07) is -2.50. The van der Waals surface area contributed by atoms with E-state index >= 15 is 0 Å². The molecule has 0 fully saturated rings. The van der Waals surface area contributed by atoms with E-state index in [9.17, 15) is 0 Å². The minimum Gasteiger partial charge on any atom is -0.0622 e. The van der Waals surface area contributed by atoms with Gasteiger partial charge in [-0.1, -0.05) is 35.3 Å². The third-order valence-electron chi connectivity index (χ3n) is 0.632. The van der Waals surface area contributed by atoms with Crippen LogP contribution in [-0.4, -0.2) is 0 Å². The fourth-order valence-electron chi connectivity index (χ4n) is 0.338. The van der Waals surface area contributed by atoms with Crippen LogP contribution in [-0.2, 0) is 0 Å². The van der Waals surface area contributed by atoms with Gasteiger partial charge in [0.1, 0.15) is 0 Å². The Morgan fingerprint density at radius 1 is 1.44 bits per heavy atom. The van der Waals surface area contributed by atoms with Crippen molar-refractivity contribution in [3.05, 3.63) is 40.7 Å². The van der Waals surface area contributed by atoms with E-state index in [2.05, 4.69) is 10.0 Å². The van der Waals surface area contributed by atoms with Crippen LogP contribution in [0.2, 0.25) is 0 Å². The van der Waals surface area contributed by atoms with Gasteiger partial charge in [-0.3, -0.25) is 0 Å². The zero-order chi connectivity index (χ0) is 10.9. The van der Waals surface area contributed by atoms with Gasteiger partial charge in [-0.05, 0) is 5.53 Å². The summed E-state index contributed by atoms with van der Waals surface area (Å²) in [4.78, 5) is 2.40. The standard InChI is InChI=1S/C6H5N3/c7-9-8-6-4-2-1-3-5-6/h1-5H/i1D,2D,3D,4D,5D. The highest BCUT2D eigenvalue weighted by atomic mass is 15.1. The Labute approximate surface area is 59.6 Å². The lowest BCUT2D eigenvalue weighted by molar-refractivity contribution is 1.48. The summed E-state index contributed by atoms with van der Waals surface area (Å²) in [5.74, 6) is 0. The Kier molecular flexibility index (Phi) is 0.624. The lowest BCUT2D eigenvalue weighted by Crippen LogP contribution is -1.56. The molecule has 0 radical (unpaired) electrons. The maximum Gasteiger partial charge on any atom is 0.0627 e. The van der Waals surface area contributed by atoms with Gasteiger partial charge in [0.25, 0.3) is 0 Å². The summed E-state index contributed by atoms with van der Waals surface area (Å²) in [6.07, 6.45) is 0. The van der Waals surface area contributed by atoms with Gasteiger partial charge in [0.15, 0.2) is 0 Å². The van der Waals surface area contributed by atoms with Gasteiger partial charge < -0.3 is 0 Å². The molecular weight excluding hydrogens is 114 g/mol. The summed E-state index contributed by atoms with van der Waals surface area (Å²) in [5.41, 5.74) is 7.77. The van der Waals surface area contributed by atoms with Crippen LogP contribution in [0.15, 0.2) is 35.3 Å². The van der Waals surface area contributed by atoms with Gasteiger partial charge in [0.2, 0.25) is 0 Å². The fourth-order valence-corrected chi connectivity index (χ4v) is 0.338. The molecule has 0 spiro atoms. The van der Waals surface area contributed by atoms with Gasteiger partial charge in [-0.15, -0.1) is 0 Å². The topological polar surface area (TPSA) is 48.8 Å². The third-order valence-corrected chi connectivity index (χ3v) is 0.632.